The molecule has 0 radical (unpaired) electrons. The molecule has 2 aromatic heterocycles. The Bertz CT molecular complexity index is 625. The summed E-state index contributed by atoms with van der Waals surface area (Å²) in [4.78, 5) is 12.0. The predicted octanol–water partition coefficient (Wildman–Crippen LogP) is 0.575. The number of carbonyl (C=O) groups excluding carboxylic acids is 1. The topological polar surface area (TPSA) is 102 Å². The van der Waals surface area contributed by atoms with Crippen LogP contribution in [-0.2, 0) is 13.5 Å². The molecule has 1 amide bonds. The number of nitrogens with one attached hydrogen (secondary N) is 2. The Balaban J connectivity index is 1.58. The number of rotatable bonds is 5. The lowest BCUT2D eigenvalue weighted by molar-refractivity contribution is 0.0950. The van der Waals surface area contributed by atoms with Crippen LogP contribution in [0, 0.1) is 0 Å². The third kappa shape index (κ3) is 2.38. The van der Waals surface area contributed by atoms with Crippen molar-refractivity contribution in [3.8, 4) is 0 Å². The van der Waals surface area contributed by atoms with Gasteiger partial charge in [0.2, 0.25) is 0 Å². The van der Waals surface area contributed by atoms with E-state index < -0.39 is 0 Å². The van der Waals surface area contributed by atoms with Crippen molar-refractivity contribution in [2.24, 2.45) is 7.05 Å². The Morgan fingerprint density at radius 3 is 3.05 bits per heavy atom. The first-order valence-corrected chi connectivity index (χ1v) is 6.75. The lowest BCUT2D eigenvalue weighted by Crippen LogP contribution is -2.27. The Labute approximate surface area is 116 Å². The first-order valence-electron chi connectivity index (χ1n) is 6.75. The fraction of sp³-hybridized carbons (Fsp3) is 0.462. The number of hydrogen-bond donors (Lipinski definition) is 3. The highest BCUT2D eigenvalue weighted by Crippen LogP contribution is 2.42. The summed E-state index contributed by atoms with van der Waals surface area (Å²) in [5.74, 6) is 0.228. The molecule has 1 aliphatic rings. The van der Waals surface area contributed by atoms with Crippen molar-refractivity contribution in [3.63, 3.8) is 0 Å². The summed E-state index contributed by atoms with van der Waals surface area (Å²) < 4.78 is 1.79. The van der Waals surface area contributed by atoms with Crippen LogP contribution in [0.4, 0.5) is 5.69 Å². The first-order chi connectivity index (χ1) is 9.66. The molecule has 1 aliphatic carbocycles. The van der Waals surface area contributed by atoms with Crippen LogP contribution in [0.1, 0.15) is 40.6 Å². The molecule has 0 aliphatic heterocycles. The van der Waals surface area contributed by atoms with Gasteiger partial charge >= 0.3 is 0 Å². The van der Waals surface area contributed by atoms with Gasteiger partial charge < -0.3 is 11.1 Å². The van der Waals surface area contributed by atoms with Gasteiger partial charge in [0, 0.05) is 37.8 Å². The maximum absolute atomic E-state index is 12.0. The number of aryl methyl sites for hydroxylation is 1. The molecule has 20 heavy (non-hydrogen) atoms. The van der Waals surface area contributed by atoms with Gasteiger partial charge in [-0.15, -0.1) is 0 Å². The molecule has 0 spiro atoms. The highest BCUT2D eigenvalue weighted by atomic mass is 16.1. The molecular weight excluding hydrogens is 256 g/mol. The van der Waals surface area contributed by atoms with Gasteiger partial charge in [-0.2, -0.15) is 10.2 Å². The normalized spacial score (nSPS) is 14.4. The molecule has 7 nitrogen and oxygen atoms in total. The summed E-state index contributed by atoms with van der Waals surface area (Å²) in [6.45, 7) is 0.531. The maximum Gasteiger partial charge on any atom is 0.273 e. The van der Waals surface area contributed by atoms with Crippen LogP contribution in [0.15, 0.2) is 12.3 Å². The summed E-state index contributed by atoms with van der Waals surface area (Å²) in [5, 5.41) is 13.8. The number of hydrogen-bond acceptors (Lipinski definition) is 4. The van der Waals surface area contributed by atoms with Gasteiger partial charge in [-0.05, 0) is 18.9 Å². The van der Waals surface area contributed by atoms with E-state index in [0.29, 0.717) is 23.8 Å². The van der Waals surface area contributed by atoms with Crippen molar-refractivity contribution in [3.05, 3.63) is 29.3 Å². The summed E-state index contributed by atoms with van der Waals surface area (Å²) in [6.07, 6.45) is 4.70. The molecule has 106 valence electrons. The van der Waals surface area contributed by atoms with E-state index in [1.165, 1.54) is 0 Å². The lowest BCUT2D eigenvalue weighted by atomic mass is 10.2. The summed E-state index contributed by atoms with van der Waals surface area (Å²) >= 11 is 0. The van der Waals surface area contributed by atoms with E-state index in [4.69, 9.17) is 5.73 Å². The highest BCUT2D eigenvalue weighted by molar-refractivity contribution is 5.97. The second kappa shape index (κ2) is 4.99. The quantitative estimate of drug-likeness (QED) is 0.742. The molecule has 7 heteroatoms. The van der Waals surface area contributed by atoms with E-state index in [1.54, 1.807) is 10.9 Å². The molecule has 3 rings (SSSR count). The zero-order chi connectivity index (χ0) is 14.1. The monoisotopic (exact) mass is 274 g/mol. The van der Waals surface area contributed by atoms with Gasteiger partial charge in [0.15, 0.2) is 5.69 Å². The number of H-pyrrole nitrogens is 1. The molecule has 2 aromatic rings. The molecule has 0 bridgehead atoms. The van der Waals surface area contributed by atoms with E-state index in [-0.39, 0.29) is 5.91 Å². The molecule has 1 fully saturated rings. The average molecular weight is 274 g/mol. The molecule has 1 saturated carbocycles. The van der Waals surface area contributed by atoms with E-state index in [1.807, 2.05) is 13.1 Å². The van der Waals surface area contributed by atoms with Gasteiger partial charge in [0.05, 0.1) is 11.4 Å². The zero-order valence-electron chi connectivity index (χ0n) is 11.4. The van der Waals surface area contributed by atoms with E-state index in [9.17, 15) is 4.79 Å². The number of aromatic amines is 1. The largest absolute Gasteiger partial charge is 0.395 e. The predicted molar refractivity (Wildman–Crippen MR) is 74.2 cm³/mol. The number of carbonyl (C=O) groups is 1. The van der Waals surface area contributed by atoms with Gasteiger partial charge in [-0.1, -0.05) is 0 Å². The van der Waals surface area contributed by atoms with Crippen molar-refractivity contribution in [1.82, 2.24) is 25.3 Å². The smallest absolute Gasteiger partial charge is 0.273 e. The number of nitrogens with zero attached hydrogens (tertiary/aromatic N) is 3. The number of anilines is 1. The van der Waals surface area contributed by atoms with Gasteiger partial charge in [-0.3, -0.25) is 14.6 Å². The van der Waals surface area contributed by atoms with Crippen molar-refractivity contribution in [2.45, 2.75) is 25.2 Å². The van der Waals surface area contributed by atoms with Crippen molar-refractivity contribution >= 4 is 11.6 Å². The average Bonchev–Trinajstić information content (AvgIpc) is 3.08. The van der Waals surface area contributed by atoms with Crippen LogP contribution in [0.25, 0.3) is 0 Å². The fourth-order valence-electron chi connectivity index (χ4n) is 2.25. The van der Waals surface area contributed by atoms with Crippen LogP contribution in [0.2, 0.25) is 0 Å². The van der Waals surface area contributed by atoms with E-state index >= 15 is 0 Å². The molecule has 0 atom stereocenters. The number of aromatic nitrogens is 4. The SMILES string of the molecule is Cn1nccc1CCNC(=O)c1n[nH]c(C2CC2)c1N. The minimum Gasteiger partial charge on any atom is -0.395 e. The summed E-state index contributed by atoms with van der Waals surface area (Å²) in [6, 6.07) is 1.93. The van der Waals surface area contributed by atoms with Gasteiger partial charge in [0.1, 0.15) is 0 Å². The number of amides is 1. The van der Waals surface area contributed by atoms with Crippen molar-refractivity contribution < 1.29 is 4.79 Å². The number of nitrogen functional groups attached to an aromatic ring is 1. The summed E-state index contributed by atoms with van der Waals surface area (Å²) in [5.41, 5.74) is 8.73. The van der Waals surface area contributed by atoms with Crippen molar-refractivity contribution in [1.29, 1.82) is 0 Å². The summed E-state index contributed by atoms with van der Waals surface area (Å²) in [7, 11) is 1.88. The van der Waals surface area contributed by atoms with Crippen LogP contribution in [0.5, 0.6) is 0 Å². The number of nitrogens with two attached hydrogens (primary N) is 1. The standard InChI is InChI=1S/C13H18N6O/c1-19-9(5-7-16-19)4-6-15-13(20)12-10(14)11(17-18-12)8-2-3-8/h5,7-8H,2-4,6,14H2,1H3,(H,15,20)(H,17,18). The van der Waals surface area contributed by atoms with Crippen LogP contribution < -0.4 is 11.1 Å². The molecule has 2 heterocycles. The van der Waals surface area contributed by atoms with Crippen LogP contribution >= 0.6 is 0 Å². The lowest BCUT2D eigenvalue weighted by Gasteiger charge is -2.04. The first kappa shape index (κ1) is 12.7. The molecule has 0 saturated heterocycles. The van der Waals surface area contributed by atoms with Crippen LogP contribution in [-0.4, -0.2) is 32.4 Å². The van der Waals surface area contributed by atoms with E-state index in [2.05, 4.69) is 20.6 Å². The van der Waals surface area contributed by atoms with Crippen LogP contribution in [0.3, 0.4) is 0 Å². The van der Waals surface area contributed by atoms with Crippen molar-refractivity contribution in [2.75, 3.05) is 12.3 Å². The highest BCUT2D eigenvalue weighted by Gasteiger charge is 2.30. The van der Waals surface area contributed by atoms with E-state index in [0.717, 1.165) is 30.7 Å². The maximum atomic E-state index is 12.0. The third-order valence-electron chi connectivity index (χ3n) is 3.62. The van der Waals surface area contributed by atoms with Gasteiger partial charge in [0.25, 0.3) is 5.91 Å². The second-order valence-electron chi connectivity index (χ2n) is 5.13. The molecule has 0 aromatic carbocycles. The molecule has 0 unspecified atom stereocenters. The Morgan fingerprint density at radius 2 is 2.40 bits per heavy atom. The molecular formula is C13H18N6O. The minimum absolute atomic E-state index is 0.229. The zero-order valence-corrected chi connectivity index (χ0v) is 11.4. The third-order valence-corrected chi connectivity index (χ3v) is 3.62. The molecule has 4 N–H and O–H groups in total. The second-order valence-corrected chi connectivity index (χ2v) is 5.13. The Morgan fingerprint density at radius 1 is 1.60 bits per heavy atom. The van der Waals surface area contributed by atoms with Gasteiger partial charge in [-0.25, -0.2) is 0 Å². The fourth-order valence-corrected chi connectivity index (χ4v) is 2.25. The minimum atomic E-state index is -0.229. The Hall–Kier alpha value is -2.31. The Kier molecular flexibility index (Phi) is 3.17.